The van der Waals surface area contributed by atoms with E-state index in [-0.39, 0.29) is 38.2 Å². The number of benzene rings is 2. The van der Waals surface area contributed by atoms with E-state index in [1.807, 2.05) is 0 Å². The van der Waals surface area contributed by atoms with Crippen molar-refractivity contribution < 1.29 is 36.9 Å². The van der Waals surface area contributed by atoms with Crippen LogP contribution >= 0.6 is 23.2 Å². The van der Waals surface area contributed by atoms with Gasteiger partial charge in [0.25, 0.3) is 0 Å². The Labute approximate surface area is 141 Å². The van der Waals surface area contributed by atoms with E-state index >= 15 is 0 Å². The van der Waals surface area contributed by atoms with Crippen LogP contribution in [0, 0.1) is 0 Å². The molecule has 0 heterocycles. The smallest absolute Gasteiger partial charge is 0.337 e. The molecule has 0 aliphatic carbocycles. The average molecular weight is 369 g/mol. The van der Waals surface area contributed by atoms with Crippen LogP contribution in [0.25, 0.3) is 0 Å². The van der Waals surface area contributed by atoms with Crippen LogP contribution in [0.3, 0.4) is 0 Å². The minimum Gasteiger partial charge on any atom is -0.478 e. The molecule has 0 bridgehead atoms. The first-order chi connectivity index (χ1) is 9.43. The van der Waals surface area contributed by atoms with E-state index in [9.17, 15) is 9.59 Å². The third kappa shape index (κ3) is 6.19. The molecule has 0 radical (unpaired) electrons. The van der Waals surface area contributed by atoms with Crippen LogP contribution in [0.4, 0.5) is 0 Å². The van der Waals surface area contributed by atoms with Crippen molar-refractivity contribution in [2.45, 2.75) is 0 Å². The fourth-order valence-electron chi connectivity index (χ4n) is 1.27. The van der Waals surface area contributed by atoms with E-state index in [4.69, 9.17) is 33.4 Å². The van der Waals surface area contributed by atoms with Crippen LogP contribution in [0.1, 0.15) is 20.7 Å². The van der Waals surface area contributed by atoms with Gasteiger partial charge in [0.15, 0.2) is 0 Å². The van der Waals surface area contributed by atoms with Gasteiger partial charge in [0.05, 0.1) is 21.2 Å². The largest absolute Gasteiger partial charge is 0.478 e. The van der Waals surface area contributed by atoms with Crippen molar-refractivity contribution in [2.75, 3.05) is 0 Å². The maximum Gasteiger partial charge on any atom is 0.337 e. The van der Waals surface area contributed by atoms with Gasteiger partial charge in [0.2, 0.25) is 0 Å². The van der Waals surface area contributed by atoms with Crippen molar-refractivity contribution in [3.63, 3.8) is 0 Å². The van der Waals surface area contributed by atoms with E-state index in [2.05, 4.69) is 0 Å². The maximum absolute atomic E-state index is 10.3. The van der Waals surface area contributed by atoms with E-state index in [1.54, 1.807) is 36.4 Å². The zero-order valence-electron chi connectivity index (χ0n) is 10.4. The van der Waals surface area contributed by atoms with E-state index < -0.39 is 11.9 Å². The first kappa shape index (κ1) is 19.5. The van der Waals surface area contributed by atoms with Gasteiger partial charge in [0, 0.05) is 17.1 Å². The molecular formula is C14H10Cl2FeO4. The Hall–Kier alpha value is -1.52. The monoisotopic (exact) mass is 368 g/mol. The number of carbonyl (C=O) groups is 2. The van der Waals surface area contributed by atoms with E-state index in [0.29, 0.717) is 0 Å². The van der Waals surface area contributed by atoms with Crippen LogP contribution in [-0.4, -0.2) is 22.2 Å². The zero-order valence-corrected chi connectivity index (χ0v) is 13.1. The Bertz CT molecular complexity index is 576. The quantitative estimate of drug-likeness (QED) is 0.783. The summed E-state index contributed by atoms with van der Waals surface area (Å²) in [6, 6.07) is 12.7. The standard InChI is InChI=1S/2C7H5ClO2.Fe/c2*8-6-4-2-1-3-5(6)7(9)10;/h2*1-4H,(H,9,10);. The number of hydrogen-bond acceptors (Lipinski definition) is 2. The molecule has 2 aromatic rings. The van der Waals surface area contributed by atoms with E-state index in [0.717, 1.165) is 0 Å². The molecule has 21 heavy (non-hydrogen) atoms. The first-order valence-corrected chi connectivity index (χ1v) is 6.14. The van der Waals surface area contributed by atoms with Crippen molar-refractivity contribution in [1.29, 1.82) is 0 Å². The Morgan fingerprint density at radius 2 is 1.00 bits per heavy atom. The minimum absolute atomic E-state index is 0. The summed E-state index contributed by atoms with van der Waals surface area (Å²) in [4.78, 5) is 20.7. The molecular weight excluding hydrogens is 359 g/mol. The fourth-order valence-corrected chi connectivity index (χ4v) is 1.70. The maximum atomic E-state index is 10.3. The molecule has 2 rings (SSSR count). The first-order valence-electron chi connectivity index (χ1n) is 5.39. The number of hydrogen-bond donors (Lipinski definition) is 2. The predicted octanol–water partition coefficient (Wildman–Crippen LogP) is 4.07. The van der Waals surface area contributed by atoms with Gasteiger partial charge in [-0.2, -0.15) is 0 Å². The summed E-state index contributed by atoms with van der Waals surface area (Å²) in [5.74, 6) is -1.99. The molecule has 0 atom stereocenters. The third-order valence-electron chi connectivity index (χ3n) is 2.21. The molecule has 0 saturated carbocycles. The van der Waals surface area contributed by atoms with Gasteiger partial charge in [-0.3, -0.25) is 0 Å². The van der Waals surface area contributed by atoms with Gasteiger partial charge in [-0.25, -0.2) is 9.59 Å². The van der Waals surface area contributed by atoms with Crippen molar-refractivity contribution >= 4 is 35.1 Å². The summed E-state index contributed by atoms with van der Waals surface area (Å²) < 4.78 is 0. The number of rotatable bonds is 2. The number of aromatic carboxylic acids is 2. The summed E-state index contributed by atoms with van der Waals surface area (Å²) in [5.41, 5.74) is 0.285. The molecule has 0 unspecified atom stereocenters. The second-order valence-electron chi connectivity index (χ2n) is 3.57. The molecule has 0 amide bonds. The Balaban J connectivity index is 0.000000364. The van der Waals surface area contributed by atoms with Crippen molar-refractivity contribution in [3.8, 4) is 0 Å². The summed E-state index contributed by atoms with van der Waals surface area (Å²) in [7, 11) is 0. The predicted molar refractivity (Wildman–Crippen MR) is 76.8 cm³/mol. The van der Waals surface area contributed by atoms with Gasteiger partial charge in [0.1, 0.15) is 0 Å². The zero-order chi connectivity index (χ0) is 15.1. The molecule has 0 aliphatic heterocycles. The fraction of sp³-hybridized carbons (Fsp3) is 0. The number of carboxylic acid groups (broad SMARTS) is 2. The van der Waals surface area contributed by atoms with Crippen LogP contribution < -0.4 is 0 Å². The van der Waals surface area contributed by atoms with Crippen LogP contribution in [-0.2, 0) is 17.1 Å². The average Bonchev–Trinajstić information content (AvgIpc) is 2.40. The normalized spacial score (nSPS) is 8.86. The molecule has 112 valence electrons. The Kier molecular flexibility index (Phi) is 8.74. The molecule has 0 fully saturated rings. The van der Waals surface area contributed by atoms with Gasteiger partial charge >= 0.3 is 11.9 Å². The van der Waals surface area contributed by atoms with Gasteiger partial charge in [-0.15, -0.1) is 0 Å². The third-order valence-corrected chi connectivity index (χ3v) is 2.87. The summed E-state index contributed by atoms with van der Waals surface area (Å²) in [6.07, 6.45) is 0. The van der Waals surface area contributed by atoms with Crippen LogP contribution in [0.2, 0.25) is 10.0 Å². The number of carboxylic acids is 2. The van der Waals surface area contributed by atoms with Gasteiger partial charge in [-0.05, 0) is 24.3 Å². The summed E-state index contributed by atoms with van der Waals surface area (Å²) >= 11 is 11.1. The summed E-state index contributed by atoms with van der Waals surface area (Å²) in [5, 5.41) is 17.5. The Morgan fingerprint density at radius 3 is 1.19 bits per heavy atom. The summed E-state index contributed by atoms with van der Waals surface area (Å²) in [6.45, 7) is 0. The van der Waals surface area contributed by atoms with Gasteiger partial charge < -0.3 is 10.2 Å². The molecule has 0 aliphatic rings. The van der Waals surface area contributed by atoms with Gasteiger partial charge in [-0.1, -0.05) is 47.5 Å². The van der Waals surface area contributed by atoms with Crippen LogP contribution in [0.15, 0.2) is 48.5 Å². The molecule has 0 saturated heterocycles. The molecule has 4 nitrogen and oxygen atoms in total. The molecule has 0 aromatic heterocycles. The second kappa shape index (κ2) is 9.42. The minimum atomic E-state index is -0.995. The molecule has 2 N–H and O–H groups in total. The molecule has 0 spiro atoms. The van der Waals surface area contributed by atoms with Crippen molar-refractivity contribution in [2.24, 2.45) is 0 Å². The molecule has 2 aromatic carbocycles. The SMILES string of the molecule is O=C(O)c1ccccc1Cl.O=C(O)c1ccccc1Cl.[Fe]. The molecule has 7 heteroatoms. The number of halogens is 2. The van der Waals surface area contributed by atoms with Crippen molar-refractivity contribution in [1.82, 2.24) is 0 Å². The second-order valence-corrected chi connectivity index (χ2v) is 4.38. The Morgan fingerprint density at radius 1 is 0.714 bits per heavy atom. The van der Waals surface area contributed by atoms with E-state index in [1.165, 1.54) is 12.1 Å². The van der Waals surface area contributed by atoms with Crippen LogP contribution in [0.5, 0.6) is 0 Å². The van der Waals surface area contributed by atoms with Crippen molar-refractivity contribution in [3.05, 3.63) is 69.7 Å². The topological polar surface area (TPSA) is 74.6 Å².